The topological polar surface area (TPSA) is 81.4 Å². The lowest BCUT2D eigenvalue weighted by molar-refractivity contribution is 0.130. The van der Waals surface area contributed by atoms with Gasteiger partial charge < -0.3 is 10.5 Å². The van der Waals surface area contributed by atoms with Gasteiger partial charge in [-0.3, -0.25) is 0 Å². The molecule has 0 amide bonds. The second-order valence-corrected chi connectivity index (χ2v) is 6.70. The molecule has 0 spiro atoms. The Balaban J connectivity index is 2.45. The smallest absolute Gasteiger partial charge is 0.240 e. The molecule has 0 heterocycles. The molecule has 1 aromatic carbocycles. The lowest BCUT2D eigenvalue weighted by Gasteiger charge is -2.09. The first-order valence-corrected chi connectivity index (χ1v) is 8.95. The third-order valence-electron chi connectivity index (χ3n) is 3.21. The normalized spacial score (nSPS) is 11.7. The molecular weight excluding hydrogens is 288 g/mol. The van der Waals surface area contributed by atoms with Crippen LogP contribution in [0.3, 0.4) is 0 Å². The summed E-state index contributed by atoms with van der Waals surface area (Å²) in [5, 5.41) is 0. The average Bonchev–Trinajstić information content (AvgIpc) is 2.46. The molecule has 0 bridgehead atoms. The molecule has 0 saturated heterocycles. The Kier molecular flexibility index (Phi) is 7.71. The number of ether oxygens (including phenoxy) is 1. The highest BCUT2D eigenvalue weighted by molar-refractivity contribution is 7.89. The first-order valence-electron chi connectivity index (χ1n) is 7.47. The monoisotopic (exact) mass is 314 g/mol. The van der Waals surface area contributed by atoms with Crippen molar-refractivity contribution >= 4 is 15.7 Å². The van der Waals surface area contributed by atoms with Crippen molar-refractivity contribution in [3.05, 3.63) is 23.8 Å². The second kappa shape index (κ2) is 9.02. The van der Waals surface area contributed by atoms with Crippen LogP contribution in [-0.2, 0) is 21.2 Å². The fourth-order valence-electron chi connectivity index (χ4n) is 1.87. The zero-order chi connectivity index (χ0) is 15.7. The summed E-state index contributed by atoms with van der Waals surface area (Å²) in [5.74, 6) is 0. The highest BCUT2D eigenvalue weighted by Crippen LogP contribution is 2.18. The lowest BCUT2D eigenvalue weighted by Crippen LogP contribution is -2.25. The highest BCUT2D eigenvalue weighted by Gasteiger charge is 2.14. The van der Waals surface area contributed by atoms with Gasteiger partial charge in [0.1, 0.15) is 0 Å². The van der Waals surface area contributed by atoms with Gasteiger partial charge in [0.25, 0.3) is 0 Å². The fraction of sp³-hybridized carbons (Fsp3) is 0.600. The highest BCUT2D eigenvalue weighted by atomic mass is 32.2. The molecule has 0 atom stereocenters. The molecule has 0 aliphatic heterocycles. The molecule has 0 aliphatic rings. The summed E-state index contributed by atoms with van der Waals surface area (Å²) in [6, 6.07) is 4.87. The van der Waals surface area contributed by atoms with Gasteiger partial charge in [-0.2, -0.15) is 0 Å². The summed E-state index contributed by atoms with van der Waals surface area (Å²) >= 11 is 0. The Labute approximate surface area is 127 Å². The van der Waals surface area contributed by atoms with Crippen molar-refractivity contribution in [3.63, 3.8) is 0 Å². The second-order valence-electron chi connectivity index (χ2n) is 4.93. The van der Waals surface area contributed by atoms with E-state index in [0.717, 1.165) is 31.4 Å². The molecule has 0 aromatic heterocycles. The zero-order valence-corrected chi connectivity index (χ0v) is 13.7. The predicted molar refractivity (Wildman–Crippen MR) is 85.8 cm³/mol. The van der Waals surface area contributed by atoms with Crippen LogP contribution in [0.25, 0.3) is 0 Å². The number of nitrogen functional groups attached to an aromatic ring is 1. The van der Waals surface area contributed by atoms with Crippen LogP contribution in [0.1, 0.15) is 38.7 Å². The van der Waals surface area contributed by atoms with Crippen molar-refractivity contribution < 1.29 is 13.2 Å². The number of anilines is 1. The Morgan fingerprint density at radius 3 is 2.52 bits per heavy atom. The summed E-state index contributed by atoms with van der Waals surface area (Å²) in [6.07, 6.45) is 3.58. The van der Waals surface area contributed by atoms with Crippen LogP contribution in [-0.4, -0.2) is 28.2 Å². The van der Waals surface area contributed by atoms with Gasteiger partial charge in [-0.25, -0.2) is 13.1 Å². The Morgan fingerprint density at radius 1 is 1.19 bits per heavy atom. The minimum atomic E-state index is -3.49. The summed E-state index contributed by atoms with van der Waals surface area (Å²) in [7, 11) is -3.49. The summed E-state index contributed by atoms with van der Waals surface area (Å²) < 4.78 is 32.2. The van der Waals surface area contributed by atoms with Crippen LogP contribution in [0.15, 0.2) is 23.1 Å². The van der Waals surface area contributed by atoms with E-state index in [0.29, 0.717) is 25.3 Å². The number of rotatable bonds is 10. The number of sulfonamides is 1. The fourth-order valence-corrected chi connectivity index (χ4v) is 2.98. The lowest BCUT2D eigenvalue weighted by atomic mass is 10.1. The molecule has 5 nitrogen and oxygen atoms in total. The maximum Gasteiger partial charge on any atom is 0.240 e. The quantitative estimate of drug-likeness (QED) is 0.513. The number of benzene rings is 1. The maximum atomic E-state index is 12.1. The molecular formula is C15H26N2O3S. The van der Waals surface area contributed by atoms with Crippen molar-refractivity contribution in [2.45, 2.75) is 44.4 Å². The number of hydrogen-bond acceptors (Lipinski definition) is 4. The van der Waals surface area contributed by atoms with E-state index in [-0.39, 0.29) is 4.90 Å². The van der Waals surface area contributed by atoms with Gasteiger partial charge in [-0.1, -0.05) is 26.3 Å². The molecule has 1 aromatic rings. The molecule has 3 N–H and O–H groups in total. The van der Waals surface area contributed by atoms with Crippen LogP contribution in [0.4, 0.5) is 5.69 Å². The summed E-state index contributed by atoms with van der Waals surface area (Å²) in [6.45, 7) is 5.76. The maximum absolute atomic E-state index is 12.1. The van der Waals surface area contributed by atoms with Gasteiger partial charge in [0.15, 0.2) is 0 Å². The minimum absolute atomic E-state index is 0.212. The van der Waals surface area contributed by atoms with E-state index in [1.54, 1.807) is 12.1 Å². The number of aryl methyl sites for hydroxylation is 1. The van der Waals surface area contributed by atoms with Gasteiger partial charge in [-0.05, 0) is 37.0 Å². The molecule has 0 saturated carbocycles. The summed E-state index contributed by atoms with van der Waals surface area (Å²) in [4.78, 5) is 0.212. The molecule has 0 unspecified atom stereocenters. The number of unbranched alkanes of at least 4 members (excludes halogenated alkanes) is 1. The number of nitrogens with two attached hydrogens (primary N) is 1. The van der Waals surface area contributed by atoms with Crippen molar-refractivity contribution in [1.82, 2.24) is 4.72 Å². The first kappa shape index (κ1) is 17.9. The number of hydrogen-bond donors (Lipinski definition) is 2. The van der Waals surface area contributed by atoms with Crippen molar-refractivity contribution in [1.29, 1.82) is 0 Å². The molecule has 1 rings (SSSR count). The van der Waals surface area contributed by atoms with Gasteiger partial charge in [0.05, 0.1) is 4.90 Å². The van der Waals surface area contributed by atoms with Crippen LogP contribution >= 0.6 is 0 Å². The minimum Gasteiger partial charge on any atom is -0.398 e. The van der Waals surface area contributed by atoms with Crippen molar-refractivity contribution in [3.8, 4) is 0 Å². The van der Waals surface area contributed by atoms with E-state index < -0.39 is 10.0 Å². The molecule has 0 fully saturated rings. The largest absolute Gasteiger partial charge is 0.398 e. The van der Waals surface area contributed by atoms with Gasteiger partial charge in [0.2, 0.25) is 10.0 Å². The first-order chi connectivity index (χ1) is 10.0. The third-order valence-corrected chi connectivity index (χ3v) is 4.67. The van der Waals surface area contributed by atoms with E-state index in [1.165, 1.54) is 6.07 Å². The van der Waals surface area contributed by atoms with Crippen LogP contribution in [0.5, 0.6) is 0 Å². The molecule has 0 radical (unpaired) electrons. The van der Waals surface area contributed by atoms with Gasteiger partial charge in [0, 0.05) is 25.4 Å². The Bertz CT molecular complexity index is 530. The van der Waals surface area contributed by atoms with E-state index >= 15 is 0 Å². The standard InChI is InChI=1S/C15H26N2O3S/c1-3-5-10-20-11-6-9-17-21(18,19)14-8-7-13(4-2)15(16)12-14/h7-8,12,17H,3-6,9-11,16H2,1-2H3. The predicted octanol–water partition coefficient (Wildman–Crippen LogP) is 2.32. The van der Waals surface area contributed by atoms with Crippen LogP contribution in [0.2, 0.25) is 0 Å². The van der Waals surface area contributed by atoms with Crippen LogP contribution in [0, 0.1) is 0 Å². The molecule has 0 aliphatic carbocycles. The molecule has 120 valence electrons. The van der Waals surface area contributed by atoms with Crippen molar-refractivity contribution in [2.75, 3.05) is 25.5 Å². The zero-order valence-electron chi connectivity index (χ0n) is 12.9. The third kappa shape index (κ3) is 6.03. The average molecular weight is 314 g/mol. The van der Waals surface area contributed by atoms with Gasteiger partial charge in [-0.15, -0.1) is 0 Å². The Hall–Kier alpha value is -1.11. The van der Waals surface area contributed by atoms with E-state index in [2.05, 4.69) is 11.6 Å². The van der Waals surface area contributed by atoms with E-state index in [4.69, 9.17) is 10.5 Å². The Morgan fingerprint density at radius 2 is 1.90 bits per heavy atom. The van der Waals surface area contributed by atoms with Crippen LogP contribution < -0.4 is 10.5 Å². The molecule has 6 heteroatoms. The van der Waals surface area contributed by atoms with E-state index in [9.17, 15) is 8.42 Å². The van der Waals surface area contributed by atoms with Gasteiger partial charge >= 0.3 is 0 Å². The SMILES string of the molecule is CCCCOCCCNS(=O)(=O)c1ccc(CC)c(N)c1. The number of nitrogens with one attached hydrogen (secondary N) is 1. The summed E-state index contributed by atoms with van der Waals surface area (Å²) in [5.41, 5.74) is 7.31. The van der Waals surface area contributed by atoms with E-state index in [1.807, 2.05) is 6.92 Å². The van der Waals surface area contributed by atoms with Crippen molar-refractivity contribution in [2.24, 2.45) is 0 Å². The molecule has 21 heavy (non-hydrogen) atoms.